The summed E-state index contributed by atoms with van der Waals surface area (Å²) in [6, 6.07) is 1.32. The van der Waals surface area contributed by atoms with Gasteiger partial charge in [-0.25, -0.2) is 26.9 Å². The fraction of sp³-hybridized carbons (Fsp3) is 0.421. The predicted octanol–water partition coefficient (Wildman–Crippen LogP) is 3.39. The Labute approximate surface area is 169 Å². The number of amides is 1. The Hall–Kier alpha value is -2.98. The Balaban J connectivity index is 1.60. The number of carbonyl (C=O) groups is 1. The second-order valence-corrected chi connectivity index (χ2v) is 7.24. The summed E-state index contributed by atoms with van der Waals surface area (Å²) in [5.74, 6) is -11.0. The van der Waals surface area contributed by atoms with E-state index in [0.29, 0.717) is 31.6 Å². The van der Waals surface area contributed by atoms with Gasteiger partial charge in [-0.2, -0.15) is 4.98 Å². The maximum Gasteiger partial charge on any atom is 0.257 e. The van der Waals surface area contributed by atoms with E-state index in [1.807, 2.05) is 19.0 Å². The summed E-state index contributed by atoms with van der Waals surface area (Å²) in [6.07, 6.45) is 3.72. The van der Waals surface area contributed by atoms with E-state index < -0.39 is 46.6 Å². The molecule has 1 aliphatic carbocycles. The first-order valence-corrected chi connectivity index (χ1v) is 9.28. The highest BCUT2D eigenvalue weighted by Crippen LogP contribution is 2.25. The van der Waals surface area contributed by atoms with Gasteiger partial charge in [0.05, 0.1) is 0 Å². The van der Waals surface area contributed by atoms with E-state index in [-0.39, 0.29) is 6.04 Å². The lowest BCUT2D eigenvalue weighted by Gasteiger charge is -2.30. The van der Waals surface area contributed by atoms with Crippen molar-refractivity contribution >= 4 is 17.7 Å². The van der Waals surface area contributed by atoms with Gasteiger partial charge in [-0.05, 0) is 31.7 Å². The van der Waals surface area contributed by atoms with Crippen LogP contribution in [0.5, 0.6) is 0 Å². The highest BCUT2D eigenvalue weighted by atomic mass is 19.2. The molecule has 0 atom stereocenters. The standard InChI is InChI=1S/C19H20F5N5O/c1-29(2)11-7-8-25-19(28-11)27-10-5-3-9(4-6-10)26-18(30)12-13(20)15(22)17(24)16(23)14(12)21/h7-10H,3-6H2,1-2H3,(H,26,30)(H,25,27,28)/t9-,10+. The Morgan fingerprint density at radius 3 is 2.03 bits per heavy atom. The lowest BCUT2D eigenvalue weighted by atomic mass is 9.91. The van der Waals surface area contributed by atoms with Crippen LogP contribution in [0.3, 0.4) is 0 Å². The SMILES string of the molecule is CN(C)c1ccnc(N[C@H]2CC[C@@H](NC(=O)c3c(F)c(F)c(F)c(F)c3F)CC2)n1. The molecule has 0 aliphatic heterocycles. The molecule has 1 heterocycles. The minimum absolute atomic E-state index is 0.0183. The minimum Gasteiger partial charge on any atom is -0.363 e. The third-order valence-corrected chi connectivity index (χ3v) is 4.93. The Kier molecular flexibility index (Phi) is 6.37. The number of halogens is 5. The molecular weight excluding hydrogens is 409 g/mol. The van der Waals surface area contributed by atoms with Gasteiger partial charge in [-0.15, -0.1) is 0 Å². The van der Waals surface area contributed by atoms with Crippen LogP contribution in [0.1, 0.15) is 36.0 Å². The van der Waals surface area contributed by atoms with Crippen molar-refractivity contribution in [2.75, 3.05) is 24.3 Å². The van der Waals surface area contributed by atoms with Crippen LogP contribution in [0, 0.1) is 29.1 Å². The van der Waals surface area contributed by atoms with E-state index in [1.165, 1.54) is 0 Å². The van der Waals surface area contributed by atoms with Crippen molar-refractivity contribution in [3.63, 3.8) is 0 Å². The fourth-order valence-corrected chi connectivity index (χ4v) is 3.29. The zero-order valence-corrected chi connectivity index (χ0v) is 16.3. The Morgan fingerprint density at radius 1 is 0.933 bits per heavy atom. The van der Waals surface area contributed by atoms with Crippen LogP contribution in [0.25, 0.3) is 0 Å². The van der Waals surface area contributed by atoms with Crippen LogP contribution < -0.4 is 15.5 Å². The molecule has 1 fully saturated rings. The number of anilines is 2. The third-order valence-electron chi connectivity index (χ3n) is 4.93. The second-order valence-electron chi connectivity index (χ2n) is 7.24. The van der Waals surface area contributed by atoms with Gasteiger partial charge in [0, 0.05) is 32.4 Å². The number of nitrogens with zero attached hydrogens (tertiary/aromatic N) is 3. The van der Waals surface area contributed by atoms with Crippen molar-refractivity contribution < 1.29 is 26.7 Å². The molecule has 1 aromatic heterocycles. The number of rotatable bonds is 5. The number of hydrogen-bond acceptors (Lipinski definition) is 5. The molecule has 0 saturated heterocycles. The van der Waals surface area contributed by atoms with Crippen LogP contribution in [0.15, 0.2) is 12.3 Å². The molecule has 162 valence electrons. The molecule has 1 aromatic carbocycles. The molecule has 1 amide bonds. The zero-order valence-electron chi connectivity index (χ0n) is 16.3. The fourth-order valence-electron chi connectivity index (χ4n) is 3.29. The van der Waals surface area contributed by atoms with E-state index in [2.05, 4.69) is 20.6 Å². The van der Waals surface area contributed by atoms with Crippen LogP contribution in [-0.4, -0.2) is 42.1 Å². The molecule has 0 unspecified atom stereocenters. The van der Waals surface area contributed by atoms with Gasteiger partial charge in [-0.3, -0.25) is 4.79 Å². The van der Waals surface area contributed by atoms with Crippen LogP contribution in [0.4, 0.5) is 33.7 Å². The van der Waals surface area contributed by atoms with E-state index in [9.17, 15) is 26.7 Å². The zero-order chi connectivity index (χ0) is 22.0. The van der Waals surface area contributed by atoms with Crippen molar-refractivity contribution in [2.45, 2.75) is 37.8 Å². The lowest BCUT2D eigenvalue weighted by molar-refractivity contribution is 0.0914. The maximum atomic E-state index is 13.8. The first-order valence-electron chi connectivity index (χ1n) is 9.28. The molecule has 6 nitrogen and oxygen atoms in total. The maximum absolute atomic E-state index is 13.8. The number of nitrogens with one attached hydrogen (secondary N) is 2. The van der Waals surface area contributed by atoms with Gasteiger partial charge in [-0.1, -0.05) is 0 Å². The summed E-state index contributed by atoms with van der Waals surface area (Å²) in [5, 5.41) is 5.56. The molecule has 2 aromatic rings. The van der Waals surface area contributed by atoms with Crippen LogP contribution >= 0.6 is 0 Å². The summed E-state index contributed by atoms with van der Waals surface area (Å²) >= 11 is 0. The second kappa shape index (κ2) is 8.80. The Bertz CT molecular complexity index is 918. The smallest absolute Gasteiger partial charge is 0.257 e. The normalized spacial score (nSPS) is 18.8. The molecule has 2 N–H and O–H groups in total. The summed E-state index contributed by atoms with van der Waals surface area (Å²) in [5.41, 5.74) is -1.47. The molecule has 0 radical (unpaired) electrons. The average Bonchev–Trinajstić information content (AvgIpc) is 2.72. The van der Waals surface area contributed by atoms with Crippen LogP contribution in [-0.2, 0) is 0 Å². The molecule has 1 saturated carbocycles. The van der Waals surface area contributed by atoms with Gasteiger partial charge in [0.15, 0.2) is 23.3 Å². The van der Waals surface area contributed by atoms with Crippen molar-refractivity contribution in [2.24, 2.45) is 0 Å². The minimum atomic E-state index is -2.30. The molecule has 11 heteroatoms. The molecule has 0 spiro atoms. The number of benzene rings is 1. The molecular formula is C19H20F5N5O. The van der Waals surface area contributed by atoms with E-state index in [4.69, 9.17) is 0 Å². The summed E-state index contributed by atoms with van der Waals surface area (Å²) < 4.78 is 67.3. The van der Waals surface area contributed by atoms with E-state index >= 15 is 0 Å². The quantitative estimate of drug-likeness (QED) is 0.433. The lowest BCUT2D eigenvalue weighted by Crippen LogP contribution is -2.41. The largest absolute Gasteiger partial charge is 0.363 e. The third kappa shape index (κ3) is 4.44. The van der Waals surface area contributed by atoms with Gasteiger partial charge in [0.25, 0.3) is 5.91 Å². The highest BCUT2D eigenvalue weighted by Gasteiger charge is 2.31. The molecule has 0 bridgehead atoms. The van der Waals surface area contributed by atoms with E-state index in [1.54, 1.807) is 12.3 Å². The van der Waals surface area contributed by atoms with Gasteiger partial charge in [0.1, 0.15) is 11.4 Å². The highest BCUT2D eigenvalue weighted by molar-refractivity contribution is 5.95. The van der Waals surface area contributed by atoms with E-state index in [0.717, 1.165) is 5.82 Å². The average molecular weight is 429 g/mol. The summed E-state index contributed by atoms with van der Waals surface area (Å²) in [6.45, 7) is 0. The van der Waals surface area contributed by atoms with Crippen LogP contribution in [0.2, 0.25) is 0 Å². The summed E-state index contributed by atoms with van der Waals surface area (Å²) in [7, 11) is 3.70. The summed E-state index contributed by atoms with van der Waals surface area (Å²) in [4.78, 5) is 22.5. The van der Waals surface area contributed by atoms with Crippen molar-refractivity contribution in [1.82, 2.24) is 15.3 Å². The number of carbonyl (C=O) groups excluding carboxylic acids is 1. The van der Waals surface area contributed by atoms with Gasteiger partial charge < -0.3 is 15.5 Å². The molecule has 3 rings (SSSR count). The van der Waals surface area contributed by atoms with Gasteiger partial charge >= 0.3 is 0 Å². The first-order chi connectivity index (χ1) is 14.2. The monoisotopic (exact) mass is 429 g/mol. The topological polar surface area (TPSA) is 70.2 Å². The number of aromatic nitrogens is 2. The van der Waals surface area contributed by atoms with Crippen molar-refractivity contribution in [3.8, 4) is 0 Å². The molecule has 1 aliphatic rings. The van der Waals surface area contributed by atoms with Gasteiger partial charge in [0.2, 0.25) is 11.8 Å². The number of hydrogen-bond donors (Lipinski definition) is 2. The van der Waals surface area contributed by atoms with Crippen molar-refractivity contribution in [1.29, 1.82) is 0 Å². The predicted molar refractivity (Wildman–Crippen MR) is 99.7 cm³/mol. The molecule has 30 heavy (non-hydrogen) atoms. The first kappa shape index (κ1) is 21.7. The Morgan fingerprint density at radius 2 is 1.47 bits per heavy atom. The van der Waals surface area contributed by atoms with Crippen molar-refractivity contribution in [3.05, 3.63) is 46.9 Å².